The van der Waals surface area contributed by atoms with E-state index in [1.54, 1.807) is 7.05 Å². The molecule has 1 aromatic carbocycles. The molecule has 0 amide bonds. The Morgan fingerprint density at radius 3 is 2.81 bits per heavy atom. The van der Waals surface area contributed by atoms with E-state index in [1.165, 1.54) is 4.68 Å². The summed E-state index contributed by atoms with van der Waals surface area (Å²) in [5, 5.41) is 13.3. The number of aromatic nitrogens is 4. The predicted molar refractivity (Wildman–Crippen MR) is 99.6 cm³/mol. The van der Waals surface area contributed by atoms with Crippen LogP contribution in [0.3, 0.4) is 0 Å². The number of piperazine rings is 1. The van der Waals surface area contributed by atoms with E-state index in [-0.39, 0.29) is 24.0 Å². The summed E-state index contributed by atoms with van der Waals surface area (Å²) >= 11 is 0. The zero-order valence-electron chi connectivity index (χ0n) is 14.7. The lowest BCUT2D eigenvalue weighted by atomic mass is 10.1. The van der Waals surface area contributed by atoms with E-state index in [0.717, 1.165) is 30.7 Å². The van der Waals surface area contributed by atoms with Crippen molar-refractivity contribution >= 4 is 23.2 Å². The summed E-state index contributed by atoms with van der Waals surface area (Å²) in [6.45, 7) is 2.71. The molecule has 1 aliphatic rings. The first-order valence-electron chi connectivity index (χ1n) is 8.32. The average Bonchev–Trinajstić information content (AvgIpc) is 3.08. The largest absolute Gasteiger partial charge is 0.339 e. The molecule has 0 spiro atoms. The van der Waals surface area contributed by atoms with Crippen molar-refractivity contribution in [2.75, 3.05) is 26.7 Å². The van der Waals surface area contributed by atoms with Gasteiger partial charge in [-0.2, -0.15) is 10.1 Å². The Morgan fingerprint density at radius 2 is 2.04 bits per heavy atom. The number of nitrogens with zero attached hydrogens (tertiary/aromatic N) is 5. The highest BCUT2D eigenvalue weighted by Crippen LogP contribution is 2.20. The molecule has 4 rings (SSSR count). The molecule has 0 aliphatic carbocycles. The van der Waals surface area contributed by atoms with Gasteiger partial charge in [-0.15, -0.1) is 12.4 Å². The molecule has 9 heteroatoms. The fourth-order valence-corrected chi connectivity index (χ4v) is 3.22. The molecule has 2 aromatic heterocycles. The Balaban J connectivity index is 0.00000196. The van der Waals surface area contributed by atoms with Crippen molar-refractivity contribution in [2.45, 2.75) is 12.5 Å². The first-order valence-corrected chi connectivity index (χ1v) is 8.32. The third kappa shape index (κ3) is 3.35. The lowest BCUT2D eigenvalue weighted by Crippen LogP contribution is -2.44. The minimum absolute atomic E-state index is 0. The van der Waals surface area contributed by atoms with Gasteiger partial charge in [0, 0.05) is 32.1 Å². The van der Waals surface area contributed by atoms with Crippen LogP contribution in [-0.4, -0.2) is 51.5 Å². The van der Waals surface area contributed by atoms with Gasteiger partial charge in [0.25, 0.3) is 5.56 Å². The normalized spacial score (nSPS) is 18.0. The highest BCUT2D eigenvalue weighted by atomic mass is 35.5. The standard InChI is InChI=1S/C17H20N6O2.ClH/c1-22-8-7-18-10-14(22)16-19-15(25-21-16)9-13-11-5-3-4-6-12(11)17(24)23(2)20-13;/h3-6,14,18H,7-10H2,1-2H3;1H. The van der Waals surface area contributed by atoms with E-state index >= 15 is 0 Å². The second-order valence-electron chi connectivity index (χ2n) is 6.34. The molecule has 26 heavy (non-hydrogen) atoms. The van der Waals surface area contributed by atoms with Crippen molar-refractivity contribution in [1.82, 2.24) is 30.1 Å². The molecular formula is C17H21ClN6O2. The molecule has 1 aliphatic heterocycles. The fraction of sp³-hybridized carbons (Fsp3) is 0.412. The van der Waals surface area contributed by atoms with Gasteiger partial charge in [-0.25, -0.2) is 4.68 Å². The monoisotopic (exact) mass is 376 g/mol. The molecule has 1 unspecified atom stereocenters. The number of benzene rings is 1. The predicted octanol–water partition coefficient (Wildman–Crippen LogP) is 0.905. The fourth-order valence-electron chi connectivity index (χ4n) is 3.22. The Morgan fingerprint density at radius 1 is 1.27 bits per heavy atom. The molecule has 0 radical (unpaired) electrons. The zero-order valence-corrected chi connectivity index (χ0v) is 15.5. The van der Waals surface area contributed by atoms with Crippen LogP contribution in [0, 0.1) is 0 Å². The van der Waals surface area contributed by atoms with Crippen molar-refractivity contribution < 1.29 is 4.52 Å². The van der Waals surface area contributed by atoms with Gasteiger partial charge < -0.3 is 9.84 Å². The van der Waals surface area contributed by atoms with Crippen LogP contribution in [0.4, 0.5) is 0 Å². The van der Waals surface area contributed by atoms with Crippen LogP contribution in [0.1, 0.15) is 23.5 Å². The van der Waals surface area contributed by atoms with Gasteiger partial charge in [0.1, 0.15) is 0 Å². The maximum Gasteiger partial charge on any atom is 0.274 e. The number of aryl methyl sites for hydroxylation is 1. The van der Waals surface area contributed by atoms with E-state index in [0.29, 0.717) is 23.5 Å². The highest BCUT2D eigenvalue weighted by Gasteiger charge is 2.25. The molecule has 3 heterocycles. The molecular weight excluding hydrogens is 356 g/mol. The number of hydrogen-bond donors (Lipinski definition) is 1. The van der Waals surface area contributed by atoms with E-state index in [4.69, 9.17) is 4.52 Å². The van der Waals surface area contributed by atoms with Gasteiger partial charge in [0.15, 0.2) is 5.82 Å². The van der Waals surface area contributed by atoms with Crippen molar-refractivity contribution in [3.05, 3.63) is 52.0 Å². The summed E-state index contributed by atoms with van der Waals surface area (Å²) in [4.78, 5) is 19.0. The Bertz CT molecular complexity index is 969. The molecule has 8 nitrogen and oxygen atoms in total. The molecule has 1 saturated heterocycles. The molecule has 1 fully saturated rings. The van der Waals surface area contributed by atoms with Crippen molar-refractivity contribution in [3.63, 3.8) is 0 Å². The van der Waals surface area contributed by atoms with E-state index in [9.17, 15) is 4.79 Å². The van der Waals surface area contributed by atoms with Gasteiger partial charge in [0.2, 0.25) is 5.89 Å². The number of nitrogens with one attached hydrogen (secondary N) is 1. The minimum atomic E-state index is -0.111. The van der Waals surface area contributed by atoms with Gasteiger partial charge >= 0.3 is 0 Å². The molecule has 1 N–H and O–H groups in total. The summed E-state index contributed by atoms with van der Waals surface area (Å²) in [6.07, 6.45) is 0.394. The third-order valence-corrected chi connectivity index (χ3v) is 4.64. The van der Waals surface area contributed by atoms with Gasteiger partial charge in [-0.1, -0.05) is 23.4 Å². The Labute approximate surface area is 156 Å². The maximum atomic E-state index is 12.2. The molecule has 1 atom stereocenters. The first kappa shape index (κ1) is 18.5. The minimum Gasteiger partial charge on any atom is -0.339 e. The molecule has 138 valence electrons. The Kier molecular flexibility index (Phi) is 5.36. The smallest absolute Gasteiger partial charge is 0.274 e. The number of halogens is 1. The second kappa shape index (κ2) is 7.53. The van der Waals surface area contributed by atoms with Gasteiger partial charge in [-0.05, 0) is 13.1 Å². The average molecular weight is 377 g/mol. The lowest BCUT2D eigenvalue weighted by Gasteiger charge is -2.30. The van der Waals surface area contributed by atoms with E-state index in [2.05, 4.69) is 32.5 Å². The van der Waals surface area contributed by atoms with Crippen LogP contribution in [0.25, 0.3) is 10.8 Å². The summed E-state index contributed by atoms with van der Waals surface area (Å²) < 4.78 is 6.80. The van der Waals surface area contributed by atoms with Gasteiger partial charge in [0.05, 0.1) is 23.5 Å². The van der Waals surface area contributed by atoms with E-state index < -0.39 is 0 Å². The lowest BCUT2D eigenvalue weighted by molar-refractivity contribution is 0.190. The number of hydrogen-bond acceptors (Lipinski definition) is 7. The second-order valence-corrected chi connectivity index (χ2v) is 6.34. The van der Waals surface area contributed by atoms with Crippen molar-refractivity contribution in [3.8, 4) is 0 Å². The summed E-state index contributed by atoms with van der Waals surface area (Å²) in [5.74, 6) is 1.18. The maximum absolute atomic E-state index is 12.2. The number of fused-ring (bicyclic) bond motifs is 1. The van der Waals surface area contributed by atoms with Crippen LogP contribution in [0.15, 0.2) is 33.6 Å². The van der Waals surface area contributed by atoms with Crippen LogP contribution < -0.4 is 10.9 Å². The van der Waals surface area contributed by atoms with Crippen LogP contribution in [0.5, 0.6) is 0 Å². The number of likely N-dealkylation sites (N-methyl/N-ethyl adjacent to an activating group) is 1. The van der Waals surface area contributed by atoms with Crippen LogP contribution in [-0.2, 0) is 13.5 Å². The van der Waals surface area contributed by atoms with Crippen LogP contribution in [0.2, 0.25) is 0 Å². The summed E-state index contributed by atoms with van der Waals surface area (Å²) in [6, 6.07) is 7.56. The van der Waals surface area contributed by atoms with E-state index in [1.807, 2.05) is 24.3 Å². The Hall–Kier alpha value is -2.29. The summed E-state index contributed by atoms with van der Waals surface area (Å²) in [5.41, 5.74) is 0.642. The zero-order chi connectivity index (χ0) is 17.4. The molecule has 0 saturated carbocycles. The van der Waals surface area contributed by atoms with Crippen molar-refractivity contribution in [2.24, 2.45) is 7.05 Å². The summed E-state index contributed by atoms with van der Waals surface area (Å²) in [7, 11) is 3.71. The third-order valence-electron chi connectivity index (χ3n) is 4.64. The SMILES string of the molecule is CN1CCNCC1c1noc(Cc2nn(C)c(=O)c3ccccc23)n1.Cl. The number of rotatable bonds is 3. The highest BCUT2D eigenvalue weighted by molar-refractivity contribution is 5.85. The molecule has 3 aromatic rings. The van der Waals surface area contributed by atoms with Gasteiger partial charge in [-0.3, -0.25) is 9.69 Å². The van der Waals surface area contributed by atoms with Crippen LogP contribution >= 0.6 is 12.4 Å². The first-order chi connectivity index (χ1) is 12.1. The molecule has 0 bridgehead atoms. The quantitative estimate of drug-likeness (QED) is 0.726. The van der Waals surface area contributed by atoms with Crippen molar-refractivity contribution in [1.29, 1.82) is 0 Å². The topological polar surface area (TPSA) is 89.1 Å².